The number of pyridine rings is 1. The van der Waals surface area contributed by atoms with Gasteiger partial charge in [0.05, 0.1) is 10.7 Å². The van der Waals surface area contributed by atoms with Gasteiger partial charge in [0.2, 0.25) is 5.56 Å². The molecule has 2 N–H and O–H groups in total. The Labute approximate surface area is 121 Å². The molecule has 5 nitrogen and oxygen atoms in total. The van der Waals surface area contributed by atoms with Crippen LogP contribution in [-0.4, -0.2) is 22.4 Å². The molecule has 2 heterocycles. The van der Waals surface area contributed by atoms with Gasteiger partial charge in [-0.15, -0.1) is 11.3 Å². The molecule has 0 aromatic carbocycles. The zero-order valence-electron chi connectivity index (χ0n) is 11.5. The molecular formula is C14H17N3O2S. The first kappa shape index (κ1) is 14.5. The summed E-state index contributed by atoms with van der Waals surface area (Å²) in [6.07, 6.45) is 0.695. The van der Waals surface area contributed by atoms with Gasteiger partial charge in [0.1, 0.15) is 5.69 Å². The number of nitrogens with one attached hydrogen (secondary N) is 2. The predicted octanol–water partition coefficient (Wildman–Crippen LogP) is 1.93. The number of hydrogen-bond donors (Lipinski definition) is 2. The molecule has 6 heteroatoms. The lowest BCUT2D eigenvalue weighted by atomic mass is 10.2. The van der Waals surface area contributed by atoms with Crippen molar-refractivity contribution in [3.05, 3.63) is 50.3 Å². The van der Waals surface area contributed by atoms with Crippen LogP contribution in [0, 0.1) is 0 Å². The van der Waals surface area contributed by atoms with Crippen molar-refractivity contribution in [1.29, 1.82) is 0 Å². The second kappa shape index (κ2) is 6.47. The Bertz CT molecular complexity index is 646. The molecule has 1 amide bonds. The lowest BCUT2D eigenvalue weighted by molar-refractivity contribution is 0.0949. The van der Waals surface area contributed by atoms with Crippen molar-refractivity contribution in [2.24, 2.45) is 0 Å². The number of carbonyl (C=O) groups is 1. The minimum Gasteiger partial charge on any atom is -0.350 e. The van der Waals surface area contributed by atoms with Crippen molar-refractivity contribution in [2.45, 2.75) is 26.2 Å². The van der Waals surface area contributed by atoms with Gasteiger partial charge in [0.15, 0.2) is 0 Å². The molecule has 0 aliphatic rings. The van der Waals surface area contributed by atoms with Crippen molar-refractivity contribution in [2.75, 3.05) is 6.54 Å². The number of thiazole rings is 1. The zero-order valence-corrected chi connectivity index (χ0v) is 12.3. The van der Waals surface area contributed by atoms with Gasteiger partial charge in [-0.3, -0.25) is 9.59 Å². The van der Waals surface area contributed by atoms with Gasteiger partial charge >= 0.3 is 0 Å². The lowest BCUT2D eigenvalue weighted by Crippen LogP contribution is -2.28. The highest BCUT2D eigenvalue weighted by Gasteiger charge is 2.08. The second-order valence-electron chi connectivity index (χ2n) is 4.76. The van der Waals surface area contributed by atoms with Gasteiger partial charge in [-0.25, -0.2) is 4.98 Å². The fourth-order valence-electron chi connectivity index (χ4n) is 1.66. The monoisotopic (exact) mass is 291 g/mol. The smallest absolute Gasteiger partial charge is 0.267 e. The Kier molecular flexibility index (Phi) is 4.68. The average molecular weight is 291 g/mol. The first-order valence-electron chi connectivity index (χ1n) is 6.48. The molecule has 2 aromatic rings. The van der Waals surface area contributed by atoms with Crippen LogP contribution in [0.2, 0.25) is 0 Å². The number of nitrogens with zero attached hydrogens (tertiary/aromatic N) is 1. The maximum atomic E-state index is 11.8. The van der Waals surface area contributed by atoms with Crippen molar-refractivity contribution < 1.29 is 4.79 Å². The highest BCUT2D eigenvalue weighted by molar-refractivity contribution is 7.09. The average Bonchev–Trinajstić information content (AvgIpc) is 2.87. The van der Waals surface area contributed by atoms with E-state index in [0.717, 1.165) is 10.7 Å². The molecule has 0 saturated heterocycles. The van der Waals surface area contributed by atoms with E-state index in [9.17, 15) is 9.59 Å². The van der Waals surface area contributed by atoms with E-state index in [1.54, 1.807) is 23.5 Å². The molecule has 0 spiro atoms. The third-order valence-electron chi connectivity index (χ3n) is 2.80. The fraction of sp³-hybridized carbons (Fsp3) is 0.357. The second-order valence-corrected chi connectivity index (χ2v) is 5.70. The van der Waals surface area contributed by atoms with Crippen LogP contribution in [0.5, 0.6) is 0 Å². The Morgan fingerprint density at radius 3 is 2.90 bits per heavy atom. The Balaban J connectivity index is 1.86. The van der Waals surface area contributed by atoms with Gasteiger partial charge in [0.25, 0.3) is 5.91 Å². The minimum atomic E-state index is -0.279. The van der Waals surface area contributed by atoms with Crippen LogP contribution in [0.3, 0.4) is 0 Å². The van der Waals surface area contributed by atoms with Crippen LogP contribution >= 0.6 is 11.3 Å². The van der Waals surface area contributed by atoms with Gasteiger partial charge in [0, 0.05) is 24.4 Å². The molecule has 2 rings (SSSR count). The molecule has 20 heavy (non-hydrogen) atoms. The third kappa shape index (κ3) is 3.77. The quantitative estimate of drug-likeness (QED) is 0.884. The first-order valence-corrected chi connectivity index (χ1v) is 7.36. The van der Waals surface area contributed by atoms with E-state index in [-0.39, 0.29) is 17.2 Å². The van der Waals surface area contributed by atoms with E-state index < -0.39 is 0 Å². The summed E-state index contributed by atoms with van der Waals surface area (Å²) >= 11 is 1.61. The largest absolute Gasteiger partial charge is 0.350 e. The minimum absolute atomic E-state index is 0.275. The summed E-state index contributed by atoms with van der Waals surface area (Å²) in [5, 5.41) is 5.83. The Hall–Kier alpha value is -1.95. The summed E-state index contributed by atoms with van der Waals surface area (Å²) in [5.74, 6) is 0.146. The number of aromatic nitrogens is 2. The van der Waals surface area contributed by atoms with E-state index in [2.05, 4.69) is 34.5 Å². The van der Waals surface area contributed by atoms with Crippen molar-refractivity contribution in [1.82, 2.24) is 15.3 Å². The SMILES string of the molecule is CC(C)c1csc(CCNC(=O)c2cccc(=O)[nH]2)n1. The molecule has 0 bridgehead atoms. The summed E-state index contributed by atoms with van der Waals surface area (Å²) < 4.78 is 0. The molecule has 0 aliphatic carbocycles. The molecule has 0 atom stereocenters. The lowest BCUT2D eigenvalue weighted by Gasteiger charge is -2.03. The van der Waals surface area contributed by atoms with Crippen molar-refractivity contribution in [3.8, 4) is 0 Å². The van der Waals surface area contributed by atoms with Crippen molar-refractivity contribution >= 4 is 17.2 Å². The number of carbonyl (C=O) groups excluding carboxylic acids is 1. The summed E-state index contributed by atoms with van der Waals surface area (Å²) in [5.41, 5.74) is 1.09. The molecular weight excluding hydrogens is 274 g/mol. The van der Waals surface area contributed by atoms with E-state index in [4.69, 9.17) is 0 Å². The standard InChI is InChI=1S/C14H17N3O2S/c1-9(2)11-8-20-13(17-11)6-7-15-14(19)10-4-3-5-12(18)16-10/h3-5,8-9H,6-7H2,1-2H3,(H,15,19)(H,16,18). The molecule has 0 saturated carbocycles. The maximum Gasteiger partial charge on any atom is 0.267 e. The molecule has 0 radical (unpaired) electrons. The maximum absolute atomic E-state index is 11.8. The molecule has 2 aromatic heterocycles. The molecule has 0 unspecified atom stereocenters. The number of rotatable bonds is 5. The summed E-state index contributed by atoms with van der Waals surface area (Å²) in [4.78, 5) is 29.9. The Morgan fingerprint density at radius 1 is 1.45 bits per heavy atom. The summed E-state index contributed by atoms with van der Waals surface area (Å²) in [6, 6.07) is 4.51. The van der Waals surface area contributed by atoms with Crippen LogP contribution in [0.4, 0.5) is 0 Å². The van der Waals surface area contributed by atoms with Gasteiger partial charge in [-0.2, -0.15) is 0 Å². The van der Waals surface area contributed by atoms with Gasteiger partial charge < -0.3 is 10.3 Å². The van der Waals surface area contributed by atoms with Gasteiger partial charge in [-0.05, 0) is 12.0 Å². The summed E-state index contributed by atoms with van der Waals surface area (Å²) in [6.45, 7) is 4.71. The number of H-pyrrole nitrogens is 1. The van der Waals surface area contributed by atoms with Crippen LogP contribution in [-0.2, 0) is 6.42 Å². The number of aromatic amines is 1. The van der Waals surface area contributed by atoms with Crippen molar-refractivity contribution in [3.63, 3.8) is 0 Å². The van der Waals surface area contributed by atoms with E-state index in [1.807, 2.05) is 0 Å². The van der Waals surface area contributed by atoms with Crippen LogP contribution in [0.1, 0.15) is 41.0 Å². The van der Waals surface area contributed by atoms with Crippen LogP contribution in [0.25, 0.3) is 0 Å². The molecule has 0 fully saturated rings. The highest BCUT2D eigenvalue weighted by atomic mass is 32.1. The topological polar surface area (TPSA) is 74.8 Å². The number of amides is 1. The fourth-order valence-corrected chi connectivity index (χ4v) is 2.62. The first-order chi connectivity index (χ1) is 9.56. The predicted molar refractivity (Wildman–Crippen MR) is 79.3 cm³/mol. The summed E-state index contributed by atoms with van der Waals surface area (Å²) in [7, 11) is 0. The zero-order chi connectivity index (χ0) is 14.5. The molecule has 0 aliphatic heterocycles. The van der Waals surface area contributed by atoms with Crippen LogP contribution < -0.4 is 10.9 Å². The Morgan fingerprint density at radius 2 is 2.25 bits per heavy atom. The molecule has 106 valence electrons. The number of hydrogen-bond acceptors (Lipinski definition) is 4. The van der Waals surface area contributed by atoms with E-state index in [1.165, 1.54) is 6.07 Å². The third-order valence-corrected chi connectivity index (χ3v) is 3.73. The van der Waals surface area contributed by atoms with Crippen LogP contribution in [0.15, 0.2) is 28.4 Å². The normalized spacial score (nSPS) is 10.8. The van der Waals surface area contributed by atoms with E-state index in [0.29, 0.717) is 18.9 Å². The van der Waals surface area contributed by atoms with Gasteiger partial charge in [-0.1, -0.05) is 19.9 Å². The van der Waals surface area contributed by atoms with E-state index >= 15 is 0 Å². The highest BCUT2D eigenvalue weighted by Crippen LogP contribution is 2.17.